The SMILES string of the molecule is Clc1ccc(C[NH2+]Cc2ccc(Cl)cc2)cc1.[Cl-].[Cl-]. The fourth-order valence-corrected chi connectivity index (χ4v) is 1.90. The lowest BCUT2D eigenvalue weighted by atomic mass is 10.2. The van der Waals surface area contributed by atoms with Crippen LogP contribution in [0.5, 0.6) is 0 Å². The van der Waals surface area contributed by atoms with E-state index in [1.54, 1.807) is 0 Å². The molecular formula is C14H14Cl4N-. The third-order valence-electron chi connectivity index (χ3n) is 2.59. The maximum atomic E-state index is 5.83. The first kappa shape index (κ1) is 18.6. The van der Waals surface area contributed by atoms with E-state index in [2.05, 4.69) is 29.6 Å². The summed E-state index contributed by atoms with van der Waals surface area (Å²) in [5.41, 5.74) is 2.56. The molecule has 0 bridgehead atoms. The number of halogens is 4. The van der Waals surface area contributed by atoms with Crippen LogP contribution in [0, 0.1) is 0 Å². The second kappa shape index (κ2) is 9.46. The van der Waals surface area contributed by atoms with Gasteiger partial charge in [0, 0.05) is 21.2 Å². The quantitative estimate of drug-likeness (QED) is 0.624. The Balaban J connectivity index is 0.00000162. The average Bonchev–Trinajstić information content (AvgIpc) is 2.34. The smallest absolute Gasteiger partial charge is 0.101 e. The predicted octanol–water partition coefficient (Wildman–Crippen LogP) is -2.73. The van der Waals surface area contributed by atoms with Crippen molar-refractivity contribution in [1.82, 2.24) is 0 Å². The van der Waals surface area contributed by atoms with Crippen molar-refractivity contribution >= 4 is 23.2 Å². The van der Waals surface area contributed by atoms with Crippen LogP contribution in [0.15, 0.2) is 48.5 Å². The van der Waals surface area contributed by atoms with Gasteiger partial charge in [-0.3, -0.25) is 0 Å². The van der Waals surface area contributed by atoms with Crippen molar-refractivity contribution in [2.45, 2.75) is 13.1 Å². The predicted molar refractivity (Wildman–Crippen MR) is 72.2 cm³/mol. The maximum absolute atomic E-state index is 5.83. The Morgan fingerprint density at radius 3 is 1.26 bits per heavy atom. The Morgan fingerprint density at radius 1 is 0.632 bits per heavy atom. The maximum Gasteiger partial charge on any atom is 0.101 e. The van der Waals surface area contributed by atoms with Gasteiger partial charge in [0.25, 0.3) is 0 Å². The summed E-state index contributed by atoms with van der Waals surface area (Å²) in [6.07, 6.45) is 0. The number of nitrogens with two attached hydrogens (primary N) is 1. The molecule has 0 atom stereocenters. The molecule has 0 spiro atoms. The Labute approximate surface area is 136 Å². The van der Waals surface area contributed by atoms with Crippen LogP contribution in [0.4, 0.5) is 0 Å². The minimum atomic E-state index is 0. The number of hydrogen-bond acceptors (Lipinski definition) is 0. The topological polar surface area (TPSA) is 16.6 Å². The van der Waals surface area contributed by atoms with Crippen molar-refractivity contribution < 1.29 is 30.1 Å². The van der Waals surface area contributed by atoms with Gasteiger partial charge in [0.2, 0.25) is 0 Å². The summed E-state index contributed by atoms with van der Waals surface area (Å²) in [4.78, 5) is 0. The van der Waals surface area contributed by atoms with E-state index in [9.17, 15) is 0 Å². The summed E-state index contributed by atoms with van der Waals surface area (Å²) < 4.78 is 0. The Hall–Kier alpha value is -0.440. The second-order valence-electron chi connectivity index (χ2n) is 3.95. The molecule has 19 heavy (non-hydrogen) atoms. The van der Waals surface area contributed by atoms with Crippen LogP contribution < -0.4 is 30.1 Å². The molecule has 0 aliphatic heterocycles. The van der Waals surface area contributed by atoms with Crippen LogP contribution in [0.25, 0.3) is 0 Å². The zero-order valence-corrected chi connectivity index (χ0v) is 13.1. The molecule has 0 saturated heterocycles. The minimum Gasteiger partial charge on any atom is -1.00 e. The van der Waals surface area contributed by atoms with Crippen LogP contribution in [0.2, 0.25) is 10.0 Å². The molecule has 2 rings (SSSR count). The van der Waals surface area contributed by atoms with Crippen molar-refractivity contribution in [2.24, 2.45) is 0 Å². The monoisotopic (exact) mass is 336 g/mol. The summed E-state index contributed by atoms with van der Waals surface area (Å²) in [7, 11) is 0. The number of hydrogen-bond donors (Lipinski definition) is 1. The van der Waals surface area contributed by atoms with Gasteiger partial charge in [-0.2, -0.15) is 0 Å². The normalized spacial score (nSPS) is 9.37. The molecule has 0 radical (unpaired) electrons. The molecule has 0 heterocycles. The van der Waals surface area contributed by atoms with Gasteiger partial charge in [-0.05, 0) is 24.3 Å². The van der Waals surface area contributed by atoms with E-state index in [4.69, 9.17) is 23.2 Å². The molecule has 0 aromatic heterocycles. The van der Waals surface area contributed by atoms with Crippen molar-refractivity contribution in [3.63, 3.8) is 0 Å². The number of benzene rings is 2. The molecule has 1 nitrogen and oxygen atoms in total. The van der Waals surface area contributed by atoms with Gasteiger partial charge in [0.05, 0.1) is 0 Å². The highest BCUT2D eigenvalue weighted by Crippen LogP contribution is 2.09. The summed E-state index contributed by atoms with van der Waals surface area (Å²) in [6, 6.07) is 15.9. The average molecular weight is 338 g/mol. The molecule has 0 fully saturated rings. The lowest BCUT2D eigenvalue weighted by Gasteiger charge is -2.02. The van der Waals surface area contributed by atoms with Gasteiger partial charge >= 0.3 is 0 Å². The number of rotatable bonds is 4. The summed E-state index contributed by atoms with van der Waals surface area (Å²) >= 11 is 11.7. The molecule has 0 unspecified atom stereocenters. The molecule has 2 N–H and O–H groups in total. The zero-order valence-electron chi connectivity index (χ0n) is 10.1. The Kier molecular flexibility index (Phi) is 9.24. The van der Waals surface area contributed by atoms with E-state index in [1.807, 2.05) is 24.3 Å². The Bertz CT molecular complexity index is 422. The molecule has 2 aromatic carbocycles. The van der Waals surface area contributed by atoms with Gasteiger partial charge in [-0.1, -0.05) is 47.5 Å². The van der Waals surface area contributed by atoms with E-state index in [-0.39, 0.29) is 24.8 Å². The van der Waals surface area contributed by atoms with Gasteiger partial charge in [-0.25, -0.2) is 0 Å². The van der Waals surface area contributed by atoms with Crippen molar-refractivity contribution in [3.05, 3.63) is 69.7 Å². The van der Waals surface area contributed by atoms with Gasteiger partial charge in [0.1, 0.15) is 13.1 Å². The lowest BCUT2D eigenvalue weighted by molar-refractivity contribution is -0.686. The molecular weight excluding hydrogens is 324 g/mol. The minimum absolute atomic E-state index is 0. The standard InChI is InChI=1S/C14H13Cl2N.2ClH/c15-13-5-1-11(2-6-13)9-17-10-12-3-7-14(16)8-4-12;;/h1-8,17H,9-10H2;2*1H/p-1. The van der Waals surface area contributed by atoms with Crippen LogP contribution >= 0.6 is 23.2 Å². The first-order valence-corrected chi connectivity index (χ1v) is 6.30. The highest BCUT2D eigenvalue weighted by Gasteiger charge is 1.98. The van der Waals surface area contributed by atoms with Crippen LogP contribution in [-0.4, -0.2) is 0 Å². The summed E-state index contributed by atoms with van der Waals surface area (Å²) in [5, 5.41) is 3.82. The van der Waals surface area contributed by atoms with Gasteiger partial charge in [-0.15, -0.1) is 0 Å². The third-order valence-corrected chi connectivity index (χ3v) is 3.09. The fourth-order valence-electron chi connectivity index (χ4n) is 1.65. The van der Waals surface area contributed by atoms with E-state index < -0.39 is 0 Å². The molecule has 5 heteroatoms. The van der Waals surface area contributed by atoms with Gasteiger partial charge < -0.3 is 30.1 Å². The van der Waals surface area contributed by atoms with Crippen molar-refractivity contribution in [2.75, 3.05) is 0 Å². The largest absolute Gasteiger partial charge is 1.00 e. The highest BCUT2D eigenvalue weighted by molar-refractivity contribution is 6.30. The lowest BCUT2D eigenvalue weighted by Crippen LogP contribution is -3.00. The molecule has 2 aromatic rings. The van der Waals surface area contributed by atoms with Crippen LogP contribution in [0.3, 0.4) is 0 Å². The summed E-state index contributed by atoms with van der Waals surface area (Å²) in [5.74, 6) is 0. The van der Waals surface area contributed by atoms with Crippen LogP contribution in [-0.2, 0) is 13.1 Å². The van der Waals surface area contributed by atoms with Crippen LogP contribution in [0.1, 0.15) is 11.1 Å². The van der Waals surface area contributed by atoms with Crippen molar-refractivity contribution in [1.29, 1.82) is 0 Å². The second-order valence-corrected chi connectivity index (χ2v) is 4.82. The Morgan fingerprint density at radius 2 is 0.947 bits per heavy atom. The third kappa shape index (κ3) is 6.51. The molecule has 104 valence electrons. The zero-order chi connectivity index (χ0) is 12.1. The molecule has 0 aliphatic rings. The van der Waals surface area contributed by atoms with E-state index in [0.717, 1.165) is 23.1 Å². The van der Waals surface area contributed by atoms with E-state index in [0.29, 0.717) is 0 Å². The first-order valence-electron chi connectivity index (χ1n) is 5.54. The summed E-state index contributed by atoms with van der Waals surface area (Å²) in [6.45, 7) is 1.92. The number of quaternary nitrogens is 1. The van der Waals surface area contributed by atoms with E-state index >= 15 is 0 Å². The van der Waals surface area contributed by atoms with E-state index in [1.165, 1.54) is 11.1 Å². The first-order chi connectivity index (χ1) is 8.24. The molecule has 0 saturated carbocycles. The molecule has 0 amide bonds. The highest BCUT2D eigenvalue weighted by atomic mass is 35.5. The fraction of sp³-hybridized carbons (Fsp3) is 0.143. The van der Waals surface area contributed by atoms with Gasteiger partial charge in [0.15, 0.2) is 0 Å². The molecule has 0 aliphatic carbocycles. The van der Waals surface area contributed by atoms with Crippen molar-refractivity contribution in [3.8, 4) is 0 Å².